The summed E-state index contributed by atoms with van der Waals surface area (Å²) in [6.07, 6.45) is 33.7. The molecule has 12 aromatic carbocycles. The third kappa shape index (κ3) is 11.2. The molecule has 3 heteroatoms. The van der Waals surface area contributed by atoms with Gasteiger partial charge in [-0.2, -0.15) is 0 Å². The minimum absolute atomic E-state index is 0.145. The lowest BCUT2D eigenvalue weighted by atomic mass is 9.63. The molecule has 3 heterocycles. The quantitative estimate of drug-likeness (QED) is 0.0447. The van der Waals surface area contributed by atoms with E-state index in [9.17, 15) is 0 Å². The Morgan fingerprint density at radius 3 is 1.30 bits per heavy atom. The third-order valence-electron chi connectivity index (χ3n) is 32.6. The summed E-state index contributed by atoms with van der Waals surface area (Å²) in [6.45, 7) is 29.4. The van der Waals surface area contributed by atoms with E-state index in [-0.39, 0.29) is 37.9 Å². The zero-order valence-corrected chi connectivity index (χ0v) is 74.0. The first kappa shape index (κ1) is 76.9. The first-order valence-electron chi connectivity index (χ1n) is 47.3. The molecule has 0 bridgehead atoms. The van der Waals surface area contributed by atoms with Crippen LogP contribution in [0, 0.1) is 5.41 Å². The average molecular weight is 1590 g/mol. The van der Waals surface area contributed by atoms with Gasteiger partial charge >= 0.3 is 0 Å². The highest BCUT2D eigenvalue weighted by molar-refractivity contribution is 6.22. The number of hydrogen-bond acceptors (Lipinski definition) is 3. The summed E-state index contributed by atoms with van der Waals surface area (Å²) >= 11 is 0. The normalized spacial score (nSPS) is 18.9. The smallest absolute Gasteiger partial charge is 0.144 e. The van der Waals surface area contributed by atoms with E-state index < -0.39 is 0 Å². The second kappa shape index (κ2) is 28.4. The molecule has 0 saturated heterocycles. The highest BCUT2D eigenvalue weighted by Gasteiger charge is 2.57. The van der Waals surface area contributed by atoms with Crippen LogP contribution in [0.4, 0.5) is 0 Å². The van der Waals surface area contributed by atoms with Gasteiger partial charge in [-0.15, -0.1) is 0 Å². The molecule has 15 aromatic rings. The highest BCUT2D eigenvalue weighted by atomic mass is 16.3. The summed E-state index contributed by atoms with van der Waals surface area (Å²) in [4.78, 5) is 0. The van der Waals surface area contributed by atoms with Crippen LogP contribution >= 0.6 is 0 Å². The summed E-state index contributed by atoms with van der Waals surface area (Å²) in [5.41, 5.74) is 44.4. The third-order valence-corrected chi connectivity index (χ3v) is 32.6. The van der Waals surface area contributed by atoms with E-state index in [0.29, 0.717) is 0 Å². The van der Waals surface area contributed by atoms with Crippen LogP contribution in [0.3, 0.4) is 0 Å². The summed E-state index contributed by atoms with van der Waals surface area (Å²) in [5, 5.41) is 7.48. The molecule has 0 fully saturated rings. The summed E-state index contributed by atoms with van der Waals surface area (Å²) in [6, 6.07) is 79.3. The van der Waals surface area contributed by atoms with Crippen molar-refractivity contribution in [1.82, 2.24) is 0 Å². The Labute approximate surface area is 717 Å². The van der Waals surface area contributed by atoms with Crippen molar-refractivity contribution in [3.8, 4) is 66.8 Å². The van der Waals surface area contributed by atoms with Crippen LogP contribution in [0.1, 0.15) is 321 Å². The van der Waals surface area contributed by atoms with Gasteiger partial charge in [0.25, 0.3) is 0 Å². The Kier molecular flexibility index (Phi) is 18.1. The van der Waals surface area contributed by atoms with Crippen LogP contribution in [0.2, 0.25) is 0 Å². The van der Waals surface area contributed by atoms with Crippen molar-refractivity contribution >= 4 is 77.5 Å². The molecule has 0 amide bonds. The molecular formula is C118H120O3. The number of fused-ring (bicyclic) bond motifs is 31. The van der Waals surface area contributed by atoms with Crippen molar-refractivity contribution in [1.29, 1.82) is 0 Å². The van der Waals surface area contributed by atoms with Crippen LogP contribution < -0.4 is 0 Å². The lowest BCUT2D eigenvalue weighted by Gasteiger charge is -2.40. The summed E-state index contributed by atoms with van der Waals surface area (Å²) in [5.74, 6) is 0. The number of benzene rings is 12. The fourth-order valence-corrected chi connectivity index (χ4v) is 26.2. The first-order valence-corrected chi connectivity index (χ1v) is 47.3. The van der Waals surface area contributed by atoms with E-state index in [4.69, 9.17) is 13.3 Å². The number of para-hydroxylation sites is 3. The van der Waals surface area contributed by atoms with E-state index in [1.165, 1.54) is 307 Å². The van der Waals surface area contributed by atoms with Gasteiger partial charge in [0.1, 0.15) is 33.5 Å². The van der Waals surface area contributed by atoms with Gasteiger partial charge in [-0.25, -0.2) is 0 Å². The second-order valence-electron chi connectivity index (χ2n) is 40.9. The van der Waals surface area contributed by atoms with E-state index in [0.717, 1.165) is 52.8 Å². The molecule has 0 N–H and O–H groups in total. The number of unbranched alkanes of at least 4 members (excludes halogenated alkanes) is 12. The zero-order chi connectivity index (χ0) is 82.4. The molecule has 0 radical (unpaired) electrons. The fraction of sp³-hybridized carbons (Fsp3) is 0.373. The van der Waals surface area contributed by atoms with Gasteiger partial charge in [-0.1, -0.05) is 331 Å². The Hall–Kier alpha value is -10.2. The minimum atomic E-state index is -0.302. The van der Waals surface area contributed by atoms with Crippen molar-refractivity contribution in [3.05, 3.63) is 284 Å². The number of rotatable bonds is 24. The Morgan fingerprint density at radius 1 is 0.298 bits per heavy atom. The SMILES string of the molecule is CCCCCCCC12CCC(CCCCC)(CCCCC)CCC3(CCCCCCC)c4ccccc4-c4c3c1c(c1oc3ccccc3c41)-c1ccc(C/C(=C/c3ccc4c(c3)C(C)(C)c3cc5c(cc3-4)C(C)(C)c3ccc4oc6ccccc6c4c3-5)c3ccc4c(c3)C(C)(C)c3cc5c(cc3-4)C(C)(C)c3ccc4oc6ccccc6c4c3-5)cc12. The Balaban J connectivity index is 0.742. The molecule has 7 aliphatic rings. The van der Waals surface area contributed by atoms with Crippen LogP contribution in [-0.2, 0) is 38.9 Å². The monoisotopic (exact) mass is 1580 g/mol. The van der Waals surface area contributed by atoms with Crippen molar-refractivity contribution in [2.45, 2.75) is 276 Å². The first-order chi connectivity index (χ1) is 58.8. The number of allylic oxidation sites excluding steroid dienone is 1. The van der Waals surface area contributed by atoms with E-state index in [2.05, 4.69) is 289 Å². The topological polar surface area (TPSA) is 39.4 Å². The van der Waals surface area contributed by atoms with Crippen LogP contribution in [0.5, 0.6) is 0 Å². The van der Waals surface area contributed by atoms with Crippen molar-refractivity contribution in [2.24, 2.45) is 5.41 Å². The minimum Gasteiger partial charge on any atom is -0.456 e. The molecule has 2 atom stereocenters. The highest BCUT2D eigenvalue weighted by Crippen LogP contribution is 2.70. The molecule has 22 rings (SSSR count). The van der Waals surface area contributed by atoms with Gasteiger partial charge in [0.2, 0.25) is 0 Å². The second-order valence-corrected chi connectivity index (χ2v) is 40.9. The largest absolute Gasteiger partial charge is 0.456 e. The van der Waals surface area contributed by atoms with Gasteiger partial charge in [-0.05, 0) is 274 Å². The molecule has 0 spiro atoms. The lowest BCUT2D eigenvalue weighted by molar-refractivity contribution is 0.154. The van der Waals surface area contributed by atoms with Crippen molar-refractivity contribution in [2.75, 3.05) is 0 Å². The lowest BCUT2D eigenvalue weighted by Crippen LogP contribution is -2.32. The van der Waals surface area contributed by atoms with Gasteiger partial charge < -0.3 is 13.3 Å². The maximum Gasteiger partial charge on any atom is 0.144 e. The molecule has 3 aromatic heterocycles. The van der Waals surface area contributed by atoms with E-state index >= 15 is 0 Å². The number of furan rings is 3. The molecule has 0 aliphatic heterocycles. The molecule has 7 aliphatic carbocycles. The molecular weight excluding hydrogens is 1470 g/mol. The molecule has 121 heavy (non-hydrogen) atoms. The fourth-order valence-electron chi connectivity index (χ4n) is 26.2. The van der Waals surface area contributed by atoms with Crippen molar-refractivity contribution < 1.29 is 13.3 Å². The van der Waals surface area contributed by atoms with E-state index in [1.807, 2.05) is 0 Å². The summed E-state index contributed by atoms with van der Waals surface area (Å²) < 4.78 is 21.0. The molecule has 3 nitrogen and oxygen atoms in total. The maximum atomic E-state index is 7.73. The predicted molar refractivity (Wildman–Crippen MR) is 511 cm³/mol. The Morgan fingerprint density at radius 2 is 0.727 bits per heavy atom. The van der Waals surface area contributed by atoms with Gasteiger partial charge in [0.05, 0.1) is 0 Å². The van der Waals surface area contributed by atoms with Crippen LogP contribution in [-0.4, -0.2) is 0 Å². The zero-order valence-electron chi connectivity index (χ0n) is 74.0. The predicted octanol–water partition coefficient (Wildman–Crippen LogP) is 34.4. The summed E-state index contributed by atoms with van der Waals surface area (Å²) in [7, 11) is 0. The van der Waals surface area contributed by atoms with Crippen LogP contribution in [0.15, 0.2) is 213 Å². The molecule has 2 unspecified atom stereocenters. The van der Waals surface area contributed by atoms with Crippen LogP contribution in [0.25, 0.3) is 144 Å². The molecule has 610 valence electrons. The molecule has 0 saturated carbocycles. The van der Waals surface area contributed by atoms with Gasteiger partial charge in [-0.3, -0.25) is 0 Å². The van der Waals surface area contributed by atoms with E-state index in [1.54, 1.807) is 22.3 Å². The number of hydrogen-bond donors (Lipinski definition) is 0. The van der Waals surface area contributed by atoms with Gasteiger partial charge in [0, 0.05) is 70.4 Å². The average Bonchev–Trinajstić information content (AvgIpc) is 1.49. The van der Waals surface area contributed by atoms with Gasteiger partial charge in [0.15, 0.2) is 0 Å². The van der Waals surface area contributed by atoms with Crippen molar-refractivity contribution in [3.63, 3.8) is 0 Å². The Bertz CT molecular complexity index is 6820. The maximum absolute atomic E-state index is 7.73. The standard InChI is InChI=1S/C118H120O3/c1-13-17-21-23-35-57-117-61-59-116(55-33-19-15-3,56-34-20-16-4)60-62-118(58-36-24-22-18-14-2)96-66-73(46-49-79(96)108-110(118)109(117)106(78-37-25-29-41-87(78)117)107-82-40-28-32-44-99(82)121-111(107)108)64-75(74-47-50-77-84-69-95-86(71-93(84)115(11,12)91(77)67-74)103-89(113(95,7)8)52-54-101-105(103)81-39-27-31-43-98(81)120-101)63-72-45-48-76-83-68-94-85(70-92(83)114(9,10)90(76)65-72)102-88(112(94,5)6)51-53-100-104(102)80-38-26-30-42-97(80)119-100/h25-32,37-54,63,65-71H,13-24,33-36,55-62,64H2,1-12H3/b75-63-.